The number of hydrogen-bond acceptors (Lipinski definition) is 2. The Labute approximate surface area is 70.4 Å². The van der Waals surface area contributed by atoms with Crippen molar-refractivity contribution in [1.29, 1.82) is 0 Å². The zero-order valence-corrected chi connectivity index (χ0v) is 6.41. The summed E-state index contributed by atoms with van der Waals surface area (Å²) in [6.45, 7) is 3.25. The number of hydrogen-bond donors (Lipinski definition) is 1. The molecular formula is C9H8NO2. The molecule has 0 fully saturated rings. The molecule has 1 N–H and O–H groups in total. The lowest BCUT2D eigenvalue weighted by molar-refractivity contribution is -0.105. The van der Waals surface area contributed by atoms with Crippen LogP contribution in [0.3, 0.4) is 0 Å². The lowest BCUT2D eigenvalue weighted by Crippen LogP contribution is -1.97. The van der Waals surface area contributed by atoms with E-state index in [4.69, 9.17) is 0 Å². The van der Waals surface area contributed by atoms with Gasteiger partial charge in [0.05, 0.1) is 0 Å². The molecule has 0 saturated heterocycles. The molecule has 1 aromatic rings. The minimum absolute atomic E-state index is 0.260. The van der Waals surface area contributed by atoms with Gasteiger partial charge < -0.3 is 5.32 Å². The van der Waals surface area contributed by atoms with Crippen molar-refractivity contribution in [2.75, 3.05) is 5.32 Å². The van der Waals surface area contributed by atoms with Crippen LogP contribution in [0.4, 0.5) is 5.69 Å². The van der Waals surface area contributed by atoms with E-state index in [1.54, 1.807) is 24.3 Å². The molecule has 0 atom stereocenters. The fourth-order valence-corrected chi connectivity index (χ4v) is 0.850. The Hall–Kier alpha value is -1.64. The zero-order chi connectivity index (χ0) is 8.97. The second-order valence-electron chi connectivity index (χ2n) is 2.27. The van der Waals surface area contributed by atoms with Crippen molar-refractivity contribution in [3.05, 3.63) is 36.8 Å². The first-order chi connectivity index (χ1) is 5.74. The molecule has 3 nitrogen and oxygen atoms in total. The highest BCUT2D eigenvalue weighted by molar-refractivity contribution is 6.00. The molecule has 0 spiro atoms. The first-order valence-corrected chi connectivity index (χ1v) is 3.40. The maximum atomic E-state index is 10.8. The Morgan fingerprint density at radius 2 is 2.25 bits per heavy atom. The molecule has 0 aliphatic heterocycles. The summed E-state index contributed by atoms with van der Waals surface area (Å²) in [5.74, 6) is -0.260. The Balaban J connectivity index is 2.95. The Morgan fingerprint density at radius 1 is 1.50 bits per heavy atom. The predicted octanol–water partition coefficient (Wildman–Crippen LogP) is 1.27. The van der Waals surface area contributed by atoms with Gasteiger partial charge in [-0.15, -0.1) is 0 Å². The first kappa shape index (κ1) is 8.46. The van der Waals surface area contributed by atoms with Gasteiger partial charge in [-0.3, -0.25) is 9.59 Å². The molecule has 0 saturated carbocycles. The van der Waals surface area contributed by atoms with Crippen LogP contribution in [0.1, 0.15) is 10.4 Å². The van der Waals surface area contributed by atoms with Crippen LogP contribution in [0.5, 0.6) is 0 Å². The number of benzene rings is 1. The van der Waals surface area contributed by atoms with E-state index in [2.05, 4.69) is 12.2 Å². The fourth-order valence-electron chi connectivity index (χ4n) is 0.850. The van der Waals surface area contributed by atoms with Gasteiger partial charge in [-0.1, -0.05) is 12.1 Å². The van der Waals surface area contributed by atoms with Gasteiger partial charge in [-0.2, -0.15) is 0 Å². The van der Waals surface area contributed by atoms with Gasteiger partial charge in [0.1, 0.15) is 0 Å². The van der Waals surface area contributed by atoms with Crippen LogP contribution in [0.2, 0.25) is 0 Å². The van der Waals surface area contributed by atoms with Crippen LogP contribution in [-0.4, -0.2) is 12.2 Å². The van der Waals surface area contributed by atoms with Crippen LogP contribution < -0.4 is 5.32 Å². The van der Waals surface area contributed by atoms with E-state index in [-0.39, 0.29) is 5.78 Å². The van der Waals surface area contributed by atoms with Gasteiger partial charge in [0.2, 0.25) is 6.41 Å². The summed E-state index contributed by atoms with van der Waals surface area (Å²) in [6.07, 6.45) is 0.562. The molecular weight excluding hydrogens is 154 g/mol. The van der Waals surface area contributed by atoms with Crippen molar-refractivity contribution < 1.29 is 9.59 Å². The smallest absolute Gasteiger partial charge is 0.211 e. The van der Waals surface area contributed by atoms with Crippen molar-refractivity contribution in [2.45, 2.75) is 0 Å². The summed E-state index contributed by atoms with van der Waals surface area (Å²) in [7, 11) is 0. The summed E-state index contributed by atoms with van der Waals surface area (Å²) < 4.78 is 0. The van der Waals surface area contributed by atoms with Crippen LogP contribution in [0.25, 0.3) is 0 Å². The number of carbonyl (C=O) groups is 2. The summed E-state index contributed by atoms with van der Waals surface area (Å²) in [4.78, 5) is 20.8. The molecule has 12 heavy (non-hydrogen) atoms. The van der Waals surface area contributed by atoms with E-state index >= 15 is 0 Å². The number of amides is 1. The van der Waals surface area contributed by atoms with E-state index in [9.17, 15) is 9.59 Å². The molecule has 1 amide bonds. The highest BCUT2D eigenvalue weighted by atomic mass is 16.1. The van der Waals surface area contributed by atoms with E-state index in [0.29, 0.717) is 17.7 Å². The molecule has 0 bridgehead atoms. The Bertz CT molecular complexity index is 307. The first-order valence-electron chi connectivity index (χ1n) is 3.40. The summed E-state index contributed by atoms with van der Waals surface area (Å²) >= 11 is 0. The van der Waals surface area contributed by atoms with Crippen LogP contribution >= 0.6 is 0 Å². The van der Waals surface area contributed by atoms with Gasteiger partial charge in [0.25, 0.3) is 0 Å². The van der Waals surface area contributed by atoms with Crippen LogP contribution in [0, 0.1) is 6.92 Å². The molecule has 1 aromatic carbocycles. The molecule has 0 aliphatic rings. The lowest BCUT2D eigenvalue weighted by Gasteiger charge is -1.99. The Kier molecular flexibility index (Phi) is 2.58. The second-order valence-corrected chi connectivity index (χ2v) is 2.27. The maximum Gasteiger partial charge on any atom is 0.211 e. The second kappa shape index (κ2) is 3.67. The van der Waals surface area contributed by atoms with Gasteiger partial charge in [0, 0.05) is 18.2 Å². The lowest BCUT2D eigenvalue weighted by atomic mass is 10.1. The number of Topliss-reactive ketones (excluding diaryl/α,β-unsaturated/α-hetero) is 1. The number of carbonyl (C=O) groups excluding carboxylic acids is 2. The number of anilines is 1. The number of nitrogens with one attached hydrogen (secondary N) is 1. The molecule has 61 valence electrons. The average Bonchev–Trinajstić information content (AvgIpc) is 2.05. The molecule has 1 radical (unpaired) electrons. The van der Waals surface area contributed by atoms with Gasteiger partial charge in [-0.05, 0) is 12.1 Å². The zero-order valence-electron chi connectivity index (χ0n) is 6.41. The molecule has 0 aliphatic carbocycles. The molecule has 1 rings (SSSR count). The monoisotopic (exact) mass is 162 g/mol. The molecule has 0 aromatic heterocycles. The van der Waals surface area contributed by atoms with E-state index in [1.165, 1.54) is 0 Å². The summed E-state index contributed by atoms with van der Waals surface area (Å²) in [6, 6.07) is 6.60. The topological polar surface area (TPSA) is 46.2 Å². The van der Waals surface area contributed by atoms with E-state index in [0.717, 1.165) is 0 Å². The summed E-state index contributed by atoms with van der Waals surface area (Å²) in [5.41, 5.74) is 1.08. The third-order valence-electron chi connectivity index (χ3n) is 1.41. The average molecular weight is 162 g/mol. The predicted molar refractivity (Wildman–Crippen MR) is 45.8 cm³/mol. The minimum Gasteiger partial charge on any atom is -0.329 e. The van der Waals surface area contributed by atoms with Crippen molar-refractivity contribution in [3.63, 3.8) is 0 Å². The molecule has 3 heteroatoms. The van der Waals surface area contributed by atoms with Crippen molar-refractivity contribution in [2.24, 2.45) is 0 Å². The van der Waals surface area contributed by atoms with Gasteiger partial charge in [-0.25, -0.2) is 0 Å². The third-order valence-corrected chi connectivity index (χ3v) is 1.41. The normalized spacial score (nSPS) is 9.08. The highest BCUT2D eigenvalue weighted by Gasteiger charge is 1.98. The fraction of sp³-hybridized carbons (Fsp3) is 0. The molecule has 0 unspecified atom stereocenters. The highest BCUT2D eigenvalue weighted by Crippen LogP contribution is 2.09. The van der Waals surface area contributed by atoms with Crippen molar-refractivity contribution in [1.82, 2.24) is 0 Å². The number of ketones is 1. The van der Waals surface area contributed by atoms with Gasteiger partial charge in [0.15, 0.2) is 5.78 Å². The summed E-state index contributed by atoms with van der Waals surface area (Å²) in [5, 5.41) is 2.44. The van der Waals surface area contributed by atoms with Crippen molar-refractivity contribution >= 4 is 17.9 Å². The van der Waals surface area contributed by atoms with Crippen LogP contribution in [-0.2, 0) is 4.79 Å². The SMILES string of the molecule is [CH2]C(=O)c1cccc(NC=O)c1. The largest absolute Gasteiger partial charge is 0.329 e. The number of rotatable bonds is 3. The minimum atomic E-state index is -0.260. The van der Waals surface area contributed by atoms with Crippen molar-refractivity contribution in [3.8, 4) is 0 Å². The van der Waals surface area contributed by atoms with E-state index < -0.39 is 0 Å². The van der Waals surface area contributed by atoms with Crippen LogP contribution in [0.15, 0.2) is 24.3 Å². The Morgan fingerprint density at radius 3 is 2.83 bits per heavy atom. The van der Waals surface area contributed by atoms with Gasteiger partial charge >= 0.3 is 0 Å². The third kappa shape index (κ3) is 1.92. The van der Waals surface area contributed by atoms with E-state index in [1.807, 2.05) is 0 Å². The standard InChI is InChI=1S/C9H8NO2/c1-7(12)8-3-2-4-9(5-8)10-6-11/h2-6H,1H2,(H,10,11). The molecule has 0 heterocycles. The quantitative estimate of drug-likeness (QED) is 0.537. The maximum absolute atomic E-state index is 10.8.